The molecule has 1 amide bonds. The smallest absolute Gasteiger partial charge is 0.320 e. The molecule has 0 bridgehead atoms. The van der Waals surface area contributed by atoms with Gasteiger partial charge < -0.3 is 10.4 Å². The summed E-state index contributed by atoms with van der Waals surface area (Å²) in [6.45, 7) is 2.12. The molecule has 3 rings (SSSR count). The van der Waals surface area contributed by atoms with E-state index in [0.29, 0.717) is 12.0 Å². The van der Waals surface area contributed by atoms with Crippen LogP contribution in [0.4, 0.5) is 5.69 Å². The molecule has 0 saturated carbocycles. The number of carbonyl (C=O) groups is 2. The SMILES string of the molecule is CC1=CCC(C(=O)O)(C(=O)NCc2ccccc2)C(c2ccc([N+](=O)[O-])cc2)C1. The van der Waals surface area contributed by atoms with Gasteiger partial charge in [0.05, 0.1) is 4.92 Å². The zero-order chi connectivity index (χ0) is 21.0. The molecule has 0 spiro atoms. The zero-order valence-corrected chi connectivity index (χ0v) is 16.0. The number of rotatable bonds is 6. The molecule has 2 aromatic rings. The lowest BCUT2D eigenvalue weighted by atomic mass is 9.63. The lowest BCUT2D eigenvalue weighted by Gasteiger charge is -2.38. The number of amides is 1. The first-order valence-electron chi connectivity index (χ1n) is 9.30. The molecule has 2 atom stereocenters. The van der Waals surface area contributed by atoms with Crippen molar-refractivity contribution in [1.29, 1.82) is 0 Å². The van der Waals surface area contributed by atoms with E-state index in [1.165, 1.54) is 12.1 Å². The molecular formula is C22H22N2O5. The molecule has 1 aliphatic carbocycles. The first-order chi connectivity index (χ1) is 13.8. The molecule has 0 radical (unpaired) electrons. The molecule has 2 unspecified atom stereocenters. The Kier molecular flexibility index (Phi) is 5.77. The minimum absolute atomic E-state index is 0.0659. The number of nitrogens with one attached hydrogen (secondary N) is 1. The molecule has 0 fully saturated rings. The van der Waals surface area contributed by atoms with E-state index in [1.54, 1.807) is 18.2 Å². The number of benzene rings is 2. The Hall–Kier alpha value is -3.48. The molecular weight excluding hydrogens is 372 g/mol. The number of carbonyl (C=O) groups excluding carboxylic acids is 1. The quantitative estimate of drug-likeness (QED) is 0.335. The van der Waals surface area contributed by atoms with Crippen LogP contribution in [0.3, 0.4) is 0 Å². The second-order valence-electron chi connectivity index (χ2n) is 7.30. The van der Waals surface area contributed by atoms with Gasteiger partial charge in [-0.1, -0.05) is 54.1 Å². The monoisotopic (exact) mass is 394 g/mol. The normalized spacial score (nSPS) is 21.1. The molecule has 2 aromatic carbocycles. The third-order valence-corrected chi connectivity index (χ3v) is 5.48. The van der Waals surface area contributed by atoms with Crippen LogP contribution in [0.5, 0.6) is 0 Å². The van der Waals surface area contributed by atoms with Crippen molar-refractivity contribution in [2.24, 2.45) is 5.41 Å². The third-order valence-electron chi connectivity index (χ3n) is 5.48. The van der Waals surface area contributed by atoms with Crippen molar-refractivity contribution < 1.29 is 19.6 Å². The van der Waals surface area contributed by atoms with E-state index in [-0.39, 0.29) is 18.7 Å². The number of aliphatic carboxylic acids is 1. The number of carboxylic acid groups (broad SMARTS) is 1. The third kappa shape index (κ3) is 4.03. The molecule has 7 nitrogen and oxygen atoms in total. The van der Waals surface area contributed by atoms with Crippen molar-refractivity contribution in [2.75, 3.05) is 0 Å². The summed E-state index contributed by atoms with van der Waals surface area (Å²) < 4.78 is 0. The summed E-state index contributed by atoms with van der Waals surface area (Å²) in [6.07, 6.45) is 2.25. The fourth-order valence-corrected chi connectivity index (χ4v) is 3.81. The van der Waals surface area contributed by atoms with E-state index in [2.05, 4.69) is 5.32 Å². The average Bonchev–Trinajstić information content (AvgIpc) is 2.72. The Morgan fingerprint density at radius 2 is 1.83 bits per heavy atom. The number of carboxylic acids is 1. The number of hydrogen-bond acceptors (Lipinski definition) is 4. The Bertz CT molecular complexity index is 953. The number of allylic oxidation sites excluding steroid dienone is 2. The predicted molar refractivity (Wildman–Crippen MR) is 107 cm³/mol. The van der Waals surface area contributed by atoms with Crippen molar-refractivity contribution in [1.82, 2.24) is 5.32 Å². The van der Waals surface area contributed by atoms with Crippen LogP contribution < -0.4 is 5.32 Å². The summed E-state index contributed by atoms with van der Waals surface area (Å²) in [7, 11) is 0. The van der Waals surface area contributed by atoms with Crippen molar-refractivity contribution in [3.8, 4) is 0 Å². The molecule has 0 aromatic heterocycles. The highest BCUT2D eigenvalue weighted by Crippen LogP contribution is 2.47. The summed E-state index contributed by atoms with van der Waals surface area (Å²) in [4.78, 5) is 36.0. The fourth-order valence-electron chi connectivity index (χ4n) is 3.81. The Morgan fingerprint density at radius 3 is 2.41 bits per heavy atom. The predicted octanol–water partition coefficient (Wildman–Crippen LogP) is 3.81. The second-order valence-corrected chi connectivity index (χ2v) is 7.30. The maximum absolute atomic E-state index is 13.2. The highest BCUT2D eigenvalue weighted by atomic mass is 16.6. The van der Waals surface area contributed by atoms with E-state index in [1.807, 2.05) is 37.3 Å². The number of nitrogens with zero attached hydrogens (tertiary/aromatic N) is 1. The molecule has 0 saturated heterocycles. The van der Waals surface area contributed by atoms with Crippen LogP contribution in [-0.2, 0) is 16.1 Å². The highest BCUT2D eigenvalue weighted by molar-refractivity contribution is 6.03. The Labute approximate surface area is 168 Å². The number of nitro benzene ring substituents is 1. The van der Waals surface area contributed by atoms with Crippen LogP contribution in [0, 0.1) is 15.5 Å². The first kappa shape index (κ1) is 20.3. The average molecular weight is 394 g/mol. The van der Waals surface area contributed by atoms with Gasteiger partial charge in [0.25, 0.3) is 5.69 Å². The largest absolute Gasteiger partial charge is 0.480 e. The summed E-state index contributed by atoms with van der Waals surface area (Å²) in [6, 6.07) is 15.0. The summed E-state index contributed by atoms with van der Waals surface area (Å²) in [5.74, 6) is -2.38. The highest BCUT2D eigenvalue weighted by Gasteiger charge is 2.53. The van der Waals surface area contributed by atoms with Gasteiger partial charge in [0.2, 0.25) is 5.91 Å². The maximum atomic E-state index is 13.2. The van der Waals surface area contributed by atoms with Gasteiger partial charge in [-0.2, -0.15) is 0 Å². The first-order valence-corrected chi connectivity index (χ1v) is 9.30. The Balaban J connectivity index is 1.95. The van der Waals surface area contributed by atoms with Crippen LogP contribution in [-0.4, -0.2) is 21.9 Å². The van der Waals surface area contributed by atoms with Crippen LogP contribution >= 0.6 is 0 Å². The van der Waals surface area contributed by atoms with Crippen molar-refractivity contribution in [3.63, 3.8) is 0 Å². The van der Waals surface area contributed by atoms with E-state index in [9.17, 15) is 24.8 Å². The summed E-state index contributed by atoms with van der Waals surface area (Å²) >= 11 is 0. The maximum Gasteiger partial charge on any atom is 0.320 e. The fraction of sp³-hybridized carbons (Fsp3) is 0.273. The molecule has 1 aliphatic rings. The number of nitro groups is 1. The number of hydrogen-bond donors (Lipinski definition) is 2. The van der Waals surface area contributed by atoms with Gasteiger partial charge in [0.1, 0.15) is 0 Å². The van der Waals surface area contributed by atoms with Crippen molar-refractivity contribution in [3.05, 3.63) is 87.5 Å². The van der Waals surface area contributed by atoms with Gasteiger partial charge in [-0.25, -0.2) is 0 Å². The van der Waals surface area contributed by atoms with E-state index in [0.717, 1.165) is 11.1 Å². The molecule has 0 aliphatic heterocycles. The molecule has 2 N–H and O–H groups in total. The topological polar surface area (TPSA) is 110 Å². The van der Waals surface area contributed by atoms with Gasteiger partial charge >= 0.3 is 5.97 Å². The molecule has 0 heterocycles. The zero-order valence-electron chi connectivity index (χ0n) is 16.0. The minimum atomic E-state index is -1.68. The van der Waals surface area contributed by atoms with E-state index in [4.69, 9.17) is 0 Å². The van der Waals surface area contributed by atoms with Gasteiger partial charge in [-0.3, -0.25) is 19.7 Å². The van der Waals surface area contributed by atoms with Gasteiger partial charge in [-0.05, 0) is 30.9 Å². The van der Waals surface area contributed by atoms with Crippen LogP contribution in [0.15, 0.2) is 66.2 Å². The summed E-state index contributed by atoms with van der Waals surface area (Å²) in [5.41, 5.74) is 0.702. The number of non-ortho nitro benzene ring substituents is 1. The van der Waals surface area contributed by atoms with Crippen LogP contribution in [0.1, 0.15) is 36.8 Å². The van der Waals surface area contributed by atoms with E-state index < -0.39 is 28.1 Å². The molecule has 7 heteroatoms. The van der Waals surface area contributed by atoms with Crippen molar-refractivity contribution >= 4 is 17.6 Å². The lowest BCUT2D eigenvalue weighted by Crippen LogP contribution is -2.51. The van der Waals surface area contributed by atoms with Gasteiger partial charge in [0, 0.05) is 24.6 Å². The Morgan fingerprint density at radius 1 is 1.17 bits per heavy atom. The standard InChI is InChI=1S/C22H22N2O5/c1-15-11-12-22(21(26)27,20(25)23-14-16-5-3-2-4-6-16)19(13-15)17-7-9-18(10-8-17)24(28)29/h2-11,19H,12-14H2,1H3,(H,23,25)(H,26,27). The lowest BCUT2D eigenvalue weighted by molar-refractivity contribution is -0.384. The van der Waals surface area contributed by atoms with Crippen LogP contribution in [0.2, 0.25) is 0 Å². The molecule has 29 heavy (non-hydrogen) atoms. The summed E-state index contributed by atoms with van der Waals surface area (Å²) in [5, 5.41) is 23.8. The minimum Gasteiger partial charge on any atom is -0.480 e. The van der Waals surface area contributed by atoms with Crippen LogP contribution in [0.25, 0.3) is 0 Å². The molecule has 150 valence electrons. The van der Waals surface area contributed by atoms with Gasteiger partial charge in [0.15, 0.2) is 5.41 Å². The van der Waals surface area contributed by atoms with Gasteiger partial charge in [-0.15, -0.1) is 0 Å². The van der Waals surface area contributed by atoms with E-state index >= 15 is 0 Å². The van der Waals surface area contributed by atoms with Crippen molar-refractivity contribution in [2.45, 2.75) is 32.2 Å². The second kappa shape index (κ2) is 8.26.